The van der Waals surface area contributed by atoms with Gasteiger partial charge in [0.1, 0.15) is 0 Å². The lowest BCUT2D eigenvalue weighted by molar-refractivity contribution is 0.0624. The highest BCUT2D eigenvalue weighted by atomic mass is 16.5. The van der Waals surface area contributed by atoms with Crippen molar-refractivity contribution in [2.24, 2.45) is 5.41 Å². The molecule has 1 saturated carbocycles. The van der Waals surface area contributed by atoms with Crippen molar-refractivity contribution < 1.29 is 4.74 Å². The molecule has 3 rings (SSSR count). The second kappa shape index (κ2) is 8.12. The summed E-state index contributed by atoms with van der Waals surface area (Å²) in [4.78, 5) is 5.54. The molecule has 1 spiro atoms. The average Bonchev–Trinajstić information content (AvgIpc) is 2.88. The minimum absolute atomic E-state index is 0.606. The van der Waals surface area contributed by atoms with Crippen LogP contribution < -0.4 is 0 Å². The molecule has 0 radical (unpaired) electrons. The van der Waals surface area contributed by atoms with Gasteiger partial charge in [0, 0.05) is 32.8 Å². The molecule has 0 N–H and O–H groups in total. The number of hydrogen-bond donors (Lipinski definition) is 0. The lowest BCUT2D eigenvalue weighted by atomic mass is 9.79. The van der Waals surface area contributed by atoms with Gasteiger partial charge in [-0.2, -0.15) is 0 Å². The maximum absolute atomic E-state index is 5.29. The van der Waals surface area contributed by atoms with E-state index in [9.17, 15) is 0 Å². The molecule has 3 nitrogen and oxygen atoms in total. The van der Waals surface area contributed by atoms with Crippen LogP contribution in [0.2, 0.25) is 0 Å². The Morgan fingerprint density at radius 1 is 0.909 bits per heavy atom. The molecule has 22 heavy (non-hydrogen) atoms. The van der Waals surface area contributed by atoms with E-state index in [0.717, 1.165) is 19.2 Å². The number of ether oxygens (including phenoxy) is 1. The van der Waals surface area contributed by atoms with E-state index in [4.69, 9.17) is 4.74 Å². The van der Waals surface area contributed by atoms with E-state index >= 15 is 0 Å². The smallest absolute Gasteiger partial charge is 0.0589 e. The molecule has 2 heterocycles. The summed E-state index contributed by atoms with van der Waals surface area (Å²) in [5.41, 5.74) is 0.606. The van der Waals surface area contributed by atoms with Gasteiger partial charge in [-0.15, -0.1) is 0 Å². The van der Waals surface area contributed by atoms with Crippen molar-refractivity contribution in [2.45, 2.75) is 70.3 Å². The molecule has 1 unspecified atom stereocenters. The fourth-order valence-corrected chi connectivity index (χ4v) is 5.14. The Hall–Kier alpha value is -0.120. The summed E-state index contributed by atoms with van der Waals surface area (Å²) in [6.45, 7) is 7.36. The van der Waals surface area contributed by atoms with E-state index < -0.39 is 0 Å². The van der Waals surface area contributed by atoms with E-state index in [1.165, 1.54) is 90.4 Å². The van der Waals surface area contributed by atoms with Crippen molar-refractivity contribution in [1.29, 1.82) is 0 Å². The minimum atomic E-state index is 0.606. The predicted octanol–water partition coefficient (Wildman–Crippen LogP) is 3.53. The van der Waals surface area contributed by atoms with E-state index in [0.29, 0.717) is 5.41 Å². The monoisotopic (exact) mass is 308 g/mol. The Labute approximate surface area is 137 Å². The van der Waals surface area contributed by atoms with Crippen LogP contribution in [0.3, 0.4) is 0 Å². The molecule has 0 aromatic rings. The van der Waals surface area contributed by atoms with Crippen LogP contribution in [0.25, 0.3) is 0 Å². The summed E-state index contributed by atoms with van der Waals surface area (Å²) >= 11 is 0. The van der Waals surface area contributed by atoms with Gasteiger partial charge in [0.2, 0.25) is 0 Å². The Balaban J connectivity index is 1.53. The van der Waals surface area contributed by atoms with Gasteiger partial charge in [0.25, 0.3) is 0 Å². The van der Waals surface area contributed by atoms with Gasteiger partial charge in [0.05, 0.1) is 6.61 Å². The van der Waals surface area contributed by atoms with Crippen LogP contribution in [0, 0.1) is 5.41 Å². The molecule has 3 heteroatoms. The van der Waals surface area contributed by atoms with E-state index in [1.807, 2.05) is 7.11 Å². The first kappa shape index (κ1) is 16.7. The van der Waals surface area contributed by atoms with Gasteiger partial charge < -0.3 is 9.64 Å². The van der Waals surface area contributed by atoms with Gasteiger partial charge in [-0.05, 0) is 50.6 Å². The summed E-state index contributed by atoms with van der Waals surface area (Å²) in [6, 6.07) is 0.897. The summed E-state index contributed by atoms with van der Waals surface area (Å²) in [6.07, 6.45) is 14.6. The quantitative estimate of drug-likeness (QED) is 0.790. The van der Waals surface area contributed by atoms with Crippen LogP contribution in [0.5, 0.6) is 0 Å². The van der Waals surface area contributed by atoms with Gasteiger partial charge in [-0.1, -0.05) is 32.1 Å². The predicted molar refractivity (Wildman–Crippen MR) is 92.3 cm³/mol. The zero-order valence-corrected chi connectivity index (χ0v) is 14.7. The summed E-state index contributed by atoms with van der Waals surface area (Å²) < 4.78 is 5.29. The van der Waals surface area contributed by atoms with Gasteiger partial charge in [0.15, 0.2) is 0 Å². The molecule has 0 aromatic heterocycles. The lowest BCUT2D eigenvalue weighted by Gasteiger charge is -2.41. The number of piperidine rings is 1. The third-order valence-electron chi connectivity index (χ3n) is 6.41. The highest BCUT2D eigenvalue weighted by Crippen LogP contribution is 2.40. The summed E-state index contributed by atoms with van der Waals surface area (Å²) in [5, 5.41) is 0. The lowest BCUT2D eigenvalue weighted by Crippen LogP contribution is -2.46. The van der Waals surface area contributed by atoms with Crippen LogP contribution in [0.4, 0.5) is 0 Å². The average molecular weight is 309 g/mol. The molecular weight excluding hydrogens is 272 g/mol. The van der Waals surface area contributed by atoms with Crippen molar-refractivity contribution in [3.05, 3.63) is 0 Å². The standard InChI is InChI=1S/C19H36N2O/c1-22-15-14-20-12-7-10-19(16-20)11-13-21(17-19)18-8-5-3-2-4-6-9-18/h18H,2-17H2,1H3. The molecule has 1 atom stereocenters. The second-order valence-corrected chi connectivity index (χ2v) is 8.09. The Kier molecular flexibility index (Phi) is 6.17. The number of nitrogens with zero attached hydrogens (tertiary/aromatic N) is 2. The number of methoxy groups -OCH3 is 1. The van der Waals surface area contributed by atoms with Crippen LogP contribution in [0.1, 0.15) is 64.2 Å². The zero-order valence-electron chi connectivity index (χ0n) is 14.7. The molecule has 0 aromatic carbocycles. The van der Waals surface area contributed by atoms with Crippen molar-refractivity contribution in [2.75, 3.05) is 46.4 Å². The maximum atomic E-state index is 5.29. The van der Waals surface area contributed by atoms with Crippen LogP contribution >= 0.6 is 0 Å². The number of rotatable bonds is 4. The van der Waals surface area contributed by atoms with E-state index in [-0.39, 0.29) is 0 Å². The first-order chi connectivity index (χ1) is 10.8. The minimum Gasteiger partial charge on any atom is -0.383 e. The molecule has 3 fully saturated rings. The third kappa shape index (κ3) is 4.24. The molecular formula is C19H36N2O. The molecule has 2 saturated heterocycles. The molecule has 0 bridgehead atoms. The van der Waals surface area contributed by atoms with Crippen LogP contribution in [-0.2, 0) is 4.74 Å². The Morgan fingerprint density at radius 3 is 2.45 bits per heavy atom. The number of hydrogen-bond acceptors (Lipinski definition) is 3. The SMILES string of the molecule is COCCN1CCCC2(CCN(C3CCCCCCC3)C2)C1. The summed E-state index contributed by atoms with van der Waals surface area (Å²) in [5.74, 6) is 0. The van der Waals surface area contributed by atoms with Gasteiger partial charge in [-0.25, -0.2) is 0 Å². The molecule has 128 valence electrons. The topological polar surface area (TPSA) is 15.7 Å². The molecule has 2 aliphatic heterocycles. The summed E-state index contributed by atoms with van der Waals surface area (Å²) in [7, 11) is 1.83. The van der Waals surface area contributed by atoms with E-state index in [2.05, 4.69) is 9.80 Å². The van der Waals surface area contributed by atoms with E-state index in [1.54, 1.807) is 0 Å². The first-order valence-electron chi connectivity index (χ1n) is 9.77. The first-order valence-corrected chi connectivity index (χ1v) is 9.77. The third-order valence-corrected chi connectivity index (χ3v) is 6.41. The normalized spacial score (nSPS) is 33.1. The second-order valence-electron chi connectivity index (χ2n) is 8.09. The fraction of sp³-hybridized carbons (Fsp3) is 1.00. The number of likely N-dealkylation sites (tertiary alicyclic amines) is 2. The largest absolute Gasteiger partial charge is 0.383 e. The molecule has 0 amide bonds. The van der Waals surface area contributed by atoms with Gasteiger partial charge in [-0.3, -0.25) is 4.90 Å². The van der Waals surface area contributed by atoms with Crippen molar-refractivity contribution in [1.82, 2.24) is 9.80 Å². The molecule has 3 aliphatic rings. The van der Waals surface area contributed by atoms with Crippen molar-refractivity contribution >= 4 is 0 Å². The van der Waals surface area contributed by atoms with Crippen molar-refractivity contribution in [3.8, 4) is 0 Å². The van der Waals surface area contributed by atoms with Crippen LogP contribution in [0.15, 0.2) is 0 Å². The maximum Gasteiger partial charge on any atom is 0.0589 e. The zero-order chi connectivity index (χ0) is 15.3. The Morgan fingerprint density at radius 2 is 1.68 bits per heavy atom. The highest BCUT2D eigenvalue weighted by Gasteiger charge is 2.42. The fourth-order valence-electron chi connectivity index (χ4n) is 5.14. The van der Waals surface area contributed by atoms with Gasteiger partial charge >= 0.3 is 0 Å². The Bertz CT molecular complexity index is 327. The van der Waals surface area contributed by atoms with Crippen LogP contribution in [-0.4, -0.2) is 62.3 Å². The van der Waals surface area contributed by atoms with Crippen molar-refractivity contribution in [3.63, 3.8) is 0 Å². The molecule has 1 aliphatic carbocycles. The highest BCUT2D eigenvalue weighted by molar-refractivity contribution is 4.96.